The first kappa shape index (κ1) is 26.2. The molecule has 8 heteroatoms. The maximum atomic E-state index is 12.7. The molecular weight excluding hydrogens is 528 g/mol. The monoisotopic (exact) mass is 552 g/mol. The Bertz CT molecular complexity index is 1580. The molecule has 2 N–H and O–H groups in total. The molecule has 6 nitrogen and oxygen atoms in total. The Labute approximate surface area is 236 Å². The zero-order valence-electron chi connectivity index (χ0n) is 21.1. The van der Waals surface area contributed by atoms with Crippen molar-refractivity contribution in [1.29, 1.82) is 0 Å². The second-order valence-corrected chi connectivity index (χ2v) is 10.1. The van der Waals surface area contributed by atoms with Gasteiger partial charge in [0.1, 0.15) is 12.4 Å². The van der Waals surface area contributed by atoms with Gasteiger partial charge in [-0.2, -0.15) is 5.10 Å². The number of hydrazone groups is 1. The number of carbonyl (C=O) groups excluding carboxylic acids is 1. The maximum Gasteiger partial charge on any atom is 0.271 e. The highest BCUT2D eigenvalue weighted by Crippen LogP contribution is 2.27. The number of carbonyl (C=O) groups is 1. The molecule has 1 aromatic heterocycles. The Balaban J connectivity index is 1.19. The summed E-state index contributed by atoms with van der Waals surface area (Å²) in [5.41, 5.74) is 8.71. The van der Waals surface area contributed by atoms with Crippen LogP contribution in [0.15, 0.2) is 108 Å². The predicted octanol–water partition coefficient (Wildman–Crippen LogP) is 7.86. The number of nitrogens with zero attached hydrogens (tertiary/aromatic N) is 2. The van der Waals surface area contributed by atoms with Crippen LogP contribution >= 0.6 is 22.9 Å². The molecule has 0 radical (unpaired) electrons. The molecule has 0 atom stereocenters. The Morgan fingerprint density at radius 2 is 1.77 bits per heavy atom. The van der Waals surface area contributed by atoms with Gasteiger partial charge in [0.2, 0.25) is 0 Å². The van der Waals surface area contributed by atoms with Gasteiger partial charge in [0.15, 0.2) is 5.13 Å². The quantitative estimate of drug-likeness (QED) is 0.144. The molecular formula is C31H25ClN4O2S. The fraction of sp³-hybridized carbons (Fsp3) is 0.0645. The third-order valence-electron chi connectivity index (χ3n) is 5.83. The number of anilines is 2. The van der Waals surface area contributed by atoms with E-state index in [1.807, 2.05) is 60.0 Å². The molecule has 0 unspecified atom stereocenters. The van der Waals surface area contributed by atoms with E-state index in [9.17, 15) is 4.79 Å². The van der Waals surface area contributed by atoms with E-state index in [-0.39, 0.29) is 5.91 Å². The van der Waals surface area contributed by atoms with Gasteiger partial charge in [0.25, 0.3) is 5.91 Å². The lowest BCUT2D eigenvalue weighted by molar-refractivity contribution is 0.0955. The van der Waals surface area contributed by atoms with Crippen LogP contribution in [0.3, 0.4) is 0 Å². The van der Waals surface area contributed by atoms with Crippen molar-refractivity contribution in [2.45, 2.75) is 13.5 Å². The maximum absolute atomic E-state index is 12.7. The minimum atomic E-state index is -0.327. The fourth-order valence-electron chi connectivity index (χ4n) is 3.73. The summed E-state index contributed by atoms with van der Waals surface area (Å²) >= 11 is 7.70. The van der Waals surface area contributed by atoms with Crippen LogP contribution in [-0.2, 0) is 6.61 Å². The summed E-state index contributed by atoms with van der Waals surface area (Å²) in [6.45, 7) is 2.46. The average molecular weight is 553 g/mol. The summed E-state index contributed by atoms with van der Waals surface area (Å²) in [6.07, 6.45) is 1.52. The molecule has 1 amide bonds. The predicted molar refractivity (Wildman–Crippen MR) is 159 cm³/mol. The van der Waals surface area contributed by atoms with Gasteiger partial charge in [-0.15, -0.1) is 11.3 Å². The second-order valence-electron chi connectivity index (χ2n) is 8.76. The van der Waals surface area contributed by atoms with Crippen LogP contribution in [0.25, 0.3) is 11.3 Å². The lowest BCUT2D eigenvalue weighted by Gasteiger charge is -2.09. The third-order valence-corrected chi connectivity index (χ3v) is 6.82. The van der Waals surface area contributed by atoms with Crippen LogP contribution in [0.1, 0.15) is 27.0 Å². The molecule has 1 heterocycles. The van der Waals surface area contributed by atoms with Gasteiger partial charge >= 0.3 is 0 Å². The standard InChI is InChI=1S/C31H25ClN4O2S/c1-21-7-14-27(15-8-21)34-31-35-28(20-39-31)23-9-11-24(12-10-23)30(37)36-33-18-25-17-26(32)13-16-29(25)38-19-22-5-3-2-4-6-22/h2-18,20H,19H2,1H3,(H,34,35)(H,36,37)/b33-18-. The van der Waals surface area contributed by atoms with Crippen LogP contribution in [0.2, 0.25) is 5.02 Å². The zero-order chi connectivity index (χ0) is 27.0. The number of rotatable bonds is 9. The van der Waals surface area contributed by atoms with E-state index in [4.69, 9.17) is 16.3 Å². The van der Waals surface area contributed by atoms with Crippen molar-refractivity contribution in [3.8, 4) is 17.0 Å². The number of ether oxygens (including phenoxy) is 1. The van der Waals surface area contributed by atoms with Crippen LogP contribution in [0.4, 0.5) is 10.8 Å². The molecule has 194 valence electrons. The Hall–Kier alpha value is -4.46. The lowest BCUT2D eigenvalue weighted by atomic mass is 10.1. The van der Waals surface area contributed by atoms with Crippen molar-refractivity contribution in [2.75, 3.05) is 5.32 Å². The molecule has 0 saturated heterocycles. The fourth-order valence-corrected chi connectivity index (χ4v) is 4.65. The number of amides is 1. The van der Waals surface area contributed by atoms with Gasteiger partial charge < -0.3 is 10.1 Å². The molecule has 0 aliphatic carbocycles. The number of halogens is 1. The number of thiazole rings is 1. The number of aryl methyl sites for hydroxylation is 1. The molecule has 5 rings (SSSR count). The SMILES string of the molecule is Cc1ccc(Nc2nc(-c3ccc(C(=O)N/N=C\c4cc(Cl)ccc4OCc4ccccc4)cc3)cs2)cc1. The van der Waals surface area contributed by atoms with Crippen molar-refractivity contribution in [2.24, 2.45) is 5.10 Å². The summed E-state index contributed by atoms with van der Waals surface area (Å²) in [7, 11) is 0. The van der Waals surface area contributed by atoms with Crippen LogP contribution in [-0.4, -0.2) is 17.1 Å². The number of benzene rings is 4. The Morgan fingerprint density at radius 3 is 2.54 bits per heavy atom. The summed E-state index contributed by atoms with van der Waals surface area (Å²) in [5, 5.41) is 10.8. The molecule has 0 bridgehead atoms. The molecule has 5 aromatic rings. The molecule has 39 heavy (non-hydrogen) atoms. The van der Waals surface area contributed by atoms with Crippen molar-refractivity contribution in [3.05, 3.63) is 130 Å². The minimum Gasteiger partial charge on any atom is -0.488 e. The normalized spacial score (nSPS) is 10.9. The van der Waals surface area contributed by atoms with Gasteiger partial charge in [0, 0.05) is 32.8 Å². The van der Waals surface area contributed by atoms with Gasteiger partial charge in [-0.3, -0.25) is 4.79 Å². The average Bonchev–Trinajstić information content (AvgIpc) is 3.43. The van der Waals surface area contributed by atoms with E-state index < -0.39 is 0 Å². The van der Waals surface area contributed by atoms with Crippen molar-refractivity contribution in [1.82, 2.24) is 10.4 Å². The molecule has 0 fully saturated rings. The summed E-state index contributed by atoms with van der Waals surface area (Å²) in [5.74, 6) is 0.289. The minimum absolute atomic E-state index is 0.327. The first-order chi connectivity index (χ1) is 19.0. The van der Waals surface area contributed by atoms with Gasteiger partial charge in [-0.05, 0) is 55.0 Å². The molecule has 0 aliphatic rings. The molecule has 0 saturated carbocycles. The molecule has 4 aromatic carbocycles. The molecule has 0 aliphatic heterocycles. The smallest absolute Gasteiger partial charge is 0.271 e. The number of aromatic nitrogens is 1. The van der Waals surface area contributed by atoms with Gasteiger partial charge in [-0.25, -0.2) is 10.4 Å². The highest BCUT2D eigenvalue weighted by Gasteiger charge is 2.09. The van der Waals surface area contributed by atoms with Gasteiger partial charge in [-0.1, -0.05) is 71.8 Å². The first-order valence-corrected chi connectivity index (χ1v) is 13.5. The number of hydrogen-bond acceptors (Lipinski definition) is 6. The Morgan fingerprint density at radius 1 is 1.00 bits per heavy atom. The number of nitrogens with one attached hydrogen (secondary N) is 2. The lowest BCUT2D eigenvalue weighted by Crippen LogP contribution is -2.17. The number of hydrogen-bond donors (Lipinski definition) is 2. The third kappa shape index (κ3) is 7.10. The van der Waals surface area contributed by atoms with E-state index >= 15 is 0 Å². The highest BCUT2D eigenvalue weighted by molar-refractivity contribution is 7.14. The van der Waals surface area contributed by atoms with E-state index in [0.717, 1.165) is 27.6 Å². The van der Waals surface area contributed by atoms with E-state index in [0.29, 0.717) is 28.5 Å². The Kier molecular flexibility index (Phi) is 8.31. The largest absolute Gasteiger partial charge is 0.488 e. The van der Waals surface area contributed by atoms with Crippen molar-refractivity contribution in [3.63, 3.8) is 0 Å². The topological polar surface area (TPSA) is 75.6 Å². The second kappa shape index (κ2) is 12.4. The summed E-state index contributed by atoms with van der Waals surface area (Å²) in [6, 6.07) is 30.5. The van der Waals surface area contributed by atoms with Gasteiger partial charge in [0.05, 0.1) is 11.9 Å². The molecule has 0 spiro atoms. The van der Waals surface area contributed by atoms with Crippen LogP contribution < -0.4 is 15.5 Å². The van der Waals surface area contributed by atoms with E-state index in [1.54, 1.807) is 30.3 Å². The summed E-state index contributed by atoms with van der Waals surface area (Å²) in [4.78, 5) is 17.3. The van der Waals surface area contributed by atoms with E-state index in [1.165, 1.54) is 23.1 Å². The van der Waals surface area contributed by atoms with Crippen molar-refractivity contribution < 1.29 is 9.53 Å². The van der Waals surface area contributed by atoms with Crippen molar-refractivity contribution >= 4 is 45.9 Å². The zero-order valence-corrected chi connectivity index (χ0v) is 22.7. The first-order valence-electron chi connectivity index (χ1n) is 12.2. The summed E-state index contributed by atoms with van der Waals surface area (Å²) < 4.78 is 5.94. The van der Waals surface area contributed by atoms with E-state index in [2.05, 4.69) is 39.9 Å². The highest BCUT2D eigenvalue weighted by atomic mass is 35.5. The van der Waals surface area contributed by atoms with Crippen LogP contribution in [0.5, 0.6) is 5.75 Å². The van der Waals surface area contributed by atoms with Crippen LogP contribution in [0, 0.1) is 6.92 Å².